The Hall–Kier alpha value is -1.55. The maximum Gasteiger partial charge on any atom is 0.222 e. The van der Waals surface area contributed by atoms with Gasteiger partial charge in [-0.2, -0.15) is 0 Å². The molecule has 0 aromatic heterocycles. The van der Waals surface area contributed by atoms with Crippen LogP contribution in [0.2, 0.25) is 0 Å². The standard InChI is InChI=1S/C14H20N2O2/c1-10-7-14(17)16(8-10)9-13(15)11-3-5-12(18-2)6-4-11/h3-6,10,13H,7-9,15H2,1-2H3. The highest BCUT2D eigenvalue weighted by Gasteiger charge is 2.27. The minimum Gasteiger partial charge on any atom is -0.497 e. The monoisotopic (exact) mass is 248 g/mol. The van der Waals surface area contributed by atoms with Crippen molar-refractivity contribution >= 4 is 5.91 Å². The van der Waals surface area contributed by atoms with Gasteiger partial charge < -0.3 is 15.4 Å². The average Bonchev–Trinajstić information content (AvgIpc) is 2.68. The Kier molecular flexibility index (Phi) is 3.87. The molecule has 4 heteroatoms. The van der Waals surface area contributed by atoms with Crippen LogP contribution in [0.15, 0.2) is 24.3 Å². The smallest absolute Gasteiger partial charge is 0.222 e. The van der Waals surface area contributed by atoms with E-state index in [1.807, 2.05) is 29.2 Å². The number of hydrogen-bond acceptors (Lipinski definition) is 3. The topological polar surface area (TPSA) is 55.6 Å². The minimum atomic E-state index is -0.134. The van der Waals surface area contributed by atoms with Gasteiger partial charge in [0.15, 0.2) is 0 Å². The first-order chi connectivity index (χ1) is 8.60. The van der Waals surface area contributed by atoms with E-state index in [-0.39, 0.29) is 11.9 Å². The first kappa shape index (κ1) is 12.9. The Bertz CT molecular complexity index is 416. The molecule has 4 nitrogen and oxygen atoms in total. The number of amides is 1. The molecular formula is C14H20N2O2. The Morgan fingerprint density at radius 2 is 2.11 bits per heavy atom. The first-order valence-electron chi connectivity index (χ1n) is 6.27. The molecule has 0 bridgehead atoms. The molecule has 2 unspecified atom stereocenters. The first-order valence-corrected chi connectivity index (χ1v) is 6.27. The van der Waals surface area contributed by atoms with Gasteiger partial charge in [0.1, 0.15) is 5.75 Å². The van der Waals surface area contributed by atoms with Crippen molar-refractivity contribution in [2.45, 2.75) is 19.4 Å². The summed E-state index contributed by atoms with van der Waals surface area (Å²) in [5.74, 6) is 1.48. The van der Waals surface area contributed by atoms with Gasteiger partial charge in [0.2, 0.25) is 5.91 Å². The lowest BCUT2D eigenvalue weighted by Gasteiger charge is -2.21. The predicted molar refractivity (Wildman–Crippen MR) is 70.3 cm³/mol. The van der Waals surface area contributed by atoms with E-state index in [9.17, 15) is 4.79 Å². The summed E-state index contributed by atoms with van der Waals surface area (Å²) in [4.78, 5) is 13.6. The molecule has 1 aliphatic heterocycles. The van der Waals surface area contributed by atoms with Gasteiger partial charge >= 0.3 is 0 Å². The molecule has 0 spiro atoms. The lowest BCUT2D eigenvalue weighted by atomic mass is 10.1. The molecule has 1 heterocycles. The average molecular weight is 248 g/mol. The van der Waals surface area contributed by atoms with Gasteiger partial charge in [0.25, 0.3) is 0 Å². The number of hydrogen-bond donors (Lipinski definition) is 1. The quantitative estimate of drug-likeness (QED) is 0.879. The van der Waals surface area contributed by atoms with Gasteiger partial charge in [-0.3, -0.25) is 4.79 Å². The second-order valence-corrected chi connectivity index (χ2v) is 4.99. The molecule has 1 saturated heterocycles. The largest absolute Gasteiger partial charge is 0.497 e. The minimum absolute atomic E-state index is 0.134. The molecule has 1 aliphatic rings. The van der Waals surface area contributed by atoms with E-state index in [2.05, 4.69) is 6.92 Å². The summed E-state index contributed by atoms with van der Waals surface area (Å²) in [7, 11) is 1.64. The van der Waals surface area contributed by atoms with Crippen LogP contribution in [0.5, 0.6) is 5.75 Å². The normalized spacial score (nSPS) is 21.2. The summed E-state index contributed by atoms with van der Waals surface area (Å²) in [5, 5.41) is 0. The molecule has 0 aliphatic carbocycles. The van der Waals surface area contributed by atoms with E-state index in [1.54, 1.807) is 7.11 Å². The Morgan fingerprint density at radius 1 is 1.44 bits per heavy atom. The van der Waals surface area contributed by atoms with Crippen LogP contribution in [0.25, 0.3) is 0 Å². The molecular weight excluding hydrogens is 228 g/mol. The van der Waals surface area contributed by atoms with E-state index in [0.29, 0.717) is 18.9 Å². The van der Waals surface area contributed by atoms with Gasteiger partial charge in [0.05, 0.1) is 7.11 Å². The number of ether oxygens (including phenoxy) is 1. The van der Waals surface area contributed by atoms with Gasteiger partial charge in [-0.15, -0.1) is 0 Å². The van der Waals surface area contributed by atoms with Gasteiger partial charge in [-0.25, -0.2) is 0 Å². The molecule has 1 aromatic rings. The van der Waals surface area contributed by atoms with Crippen molar-refractivity contribution < 1.29 is 9.53 Å². The Morgan fingerprint density at radius 3 is 2.61 bits per heavy atom. The second-order valence-electron chi connectivity index (χ2n) is 4.99. The predicted octanol–water partition coefficient (Wildman–Crippen LogP) is 1.56. The third kappa shape index (κ3) is 2.82. The molecule has 2 rings (SSSR count). The molecule has 0 radical (unpaired) electrons. The summed E-state index contributed by atoms with van der Waals surface area (Å²) < 4.78 is 5.11. The maximum absolute atomic E-state index is 11.7. The van der Waals surface area contributed by atoms with Crippen molar-refractivity contribution in [3.8, 4) is 5.75 Å². The summed E-state index contributed by atoms with van der Waals surface area (Å²) in [6.07, 6.45) is 0.648. The molecule has 0 saturated carbocycles. The zero-order valence-electron chi connectivity index (χ0n) is 10.9. The third-order valence-electron chi connectivity index (χ3n) is 3.37. The summed E-state index contributed by atoms with van der Waals surface area (Å²) >= 11 is 0. The van der Waals surface area contributed by atoms with E-state index in [0.717, 1.165) is 17.9 Å². The van der Waals surface area contributed by atoms with Crippen LogP contribution in [0.3, 0.4) is 0 Å². The highest BCUT2D eigenvalue weighted by molar-refractivity contribution is 5.78. The van der Waals surface area contributed by atoms with Gasteiger partial charge in [-0.1, -0.05) is 19.1 Å². The Labute approximate surface area is 108 Å². The van der Waals surface area contributed by atoms with Crippen molar-refractivity contribution in [2.24, 2.45) is 11.7 Å². The SMILES string of the molecule is COc1ccc(C(N)CN2CC(C)CC2=O)cc1. The van der Waals surface area contributed by atoms with E-state index in [1.165, 1.54) is 0 Å². The van der Waals surface area contributed by atoms with Crippen molar-refractivity contribution in [1.82, 2.24) is 4.90 Å². The number of carbonyl (C=O) groups excluding carboxylic acids is 1. The summed E-state index contributed by atoms with van der Waals surface area (Å²) in [6, 6.07) is 7.55. The molecule has 1 fully saturated rings. The van der Waals surface area contributed by atoms with Gasteiger partial charge in [-0.05, 0) is 23.6 Å². The highest BCUT2D eigenvalue weighted by atomic mass is 16.5. The van der Waals surface area contributed by atoms with Crippen LogP contribution in [-0.4, -0.2) is 31.0 Å². The zero-order chi connectivity index (χ0) is 13.1. The van der Waals surface area contributed by atoms with E-state index in [4.69, 9.17) is 10.5 Å². The molecule has 98 valence electrons. The number of nitrogens with two attached hydrogens (primary N) is 1. The number of carbonyl (C=O) groups is 1. The fraction of sp³-hybridized carbons (Fsp3) is 0.500. The van der Waals surface area contributed by atoms with E-state index < -0.39 is 0 Å². The molecule has 1 amide bonds. The van der Waals surface area contributed by atoms with Crippen molar-refractivity contribution in [3.63, 3.8) is 0 Å². The van der Waals surface area contributed by atoms with Crippen LogP contribution in [-0.2, 0) is 4.79 Å². The number of likely N-dealkylation sites (tertiary alicyclic amines) is 1. The Balaban J connectivity index is 1.98. The zero-order valence-corrected chi connectivity index (χ0v) is 10.9. The lowest BCUT2D eigenvalue weighted by molar-refractivity contribution is -0.127. The third-order valence-corrected chi connectivity index (χ3v) is 3.37. The van der Waals surface area contributed by atoms with E-state index >= 15 is 0 Å². The maximum atomic E-state index is 11.7. The molecule has 2 N–H and O–H groups in total. The summed E-state index contributed by atoms with van der Waals surface area (Å²) in [5.41, 5.74) is 7.17. The van der Waals surface area contributed by atoms with Crippen molar-refractivity contribution in [2.75, 3.05) is 20.2 Å². The van der Waals surface area contributed by atoms with Crippen LogP contribution in [0.4, 0.5) is 0 Å². The van der Waals surface area contributed by atoms with Crippen molar-refractivity contribution in [1.29, 1.82) is 0 Å². The van der Waals surface area contributed by atoms with Gasteiger partial charge in [0, 0.05) is 25.6 Å². The molecule has 18 heavy (non-hydrogen) atoms. The van der Waals surface area contributed by atoms with Crippen LogP contribution < -0.4 is 10.5 Å². The number of nitrogens with zero attached hydrogens (tertiary/aromatic N) is 1. The fourth-order valence-electron chi connectivity index (χ4n) is 2.34. The lowest BCUT2D eigenvalue weighted by Crippen LogP contribution is -2.33. The number of methoxy groups -OCH3 is 1. The number of rotatable bonds is 4. The second kappa shape index (κ2) is 5.40. The molecule has 2 atom stereocenters. The van der Waals surface area contributed by atoms with Crippen molar-refractivity contribution in [3.05, 3.63) is 29.8 Å². The fourth-order valence-corrected chi connectivity index (χ4v) is 2.34. The highest BCUT2D eigenvalue weighted by Crippen LogP contribution is 2.21. The van der Waals surface area contributed by atoms with Crippen LogP contribution >= 0.6 is 0 Å². The molecule has 1 aromatic carbocycles. The summed E-state index contributed by atoms with van der Waals surface area (Å²) in [6.45, 7) is 3.51. The van der Waals surface area contributed by atoms with Crippen LogP contribution in [0, 0.1) is 5.92 Å². The van der Waals surface area contributed by atoms with Crippen LogP contribution in [0.1, 0.15) is 24.9 Å². The number of benzene rings is 1.